The fourth-order valence-electron chi connectivity index (χ4n) is 2.42. The minimum atomic E-state index is 0.527. The molecule has 25 heavy (non-hydrogen) atoms. The maximum Gasteiger partial charge on any atom is 0.175 e. The van der Waals surface area contributed by atoms with Crippen LogP contribution in [0.3, 0.4) is 0 Å². The van der Waals surface area contributed by atoms with Crippen LogP contribution >= 0.6 is 12.2 Å². The summed E-state index contributed by atoms with van der Waals surface area (Å²) in [6, 6.07) is 17.3. The molecule has 6 heteroatoms. The summed E-state index contributed by atoms with van der Waals surface area (Å²) in [6.07, 6.45) is 2.76. The van der Waals surface area contributed by atoms with Crippen LogP contribution in [0.15, 0.2) is 60.8 Å². The van der Waals surface area contributed by atoms with Crippen molar-refractivity contribution in [3.8, 4) is 11.5 Å². The van der Waals surface area contributed by atoms with Crippen molar-refractivity contribution in [3.05, 3.63) is 66.5 Å². The number of nitrogens with one attached hydrogen (secondary N) is 2. The second-order valence-corrected chi connectivity index (χ2v) is 5.94. The number of aryl methyl sites for hydroxylation is 2. The van der Waals surface area contributed by atoms with Gasteiger partial charge in [-0.1, -0.05) is 25.1 Å². The van der Waals surface area contributed by atoms with Crippen LogP contribution in [0, 0.1) is 0 Å². The highest BCUT2D eigenvalue weighted by atomic mass is 32.1. The summed E-state index contributed by atoms with van der Waals surface area (Å²) in [5, 5.41) is 11.3. The fraction of sp³-hybridized carbons (Fsp3) is 0.158. The SMILES string of the molecule is CCc1nn(C)cc1NC(=S)Nc1ccc(Oc2ccccc2)cc1. The van der Waals surface area contributed by atoms with Crippen molar-refractivity contribution in [1.29, 1.82) is 0 Å². The average Bonchev–Trinajstić information content (AvgIpc) is 2.97. The van der Waals surface area contributed by atoms with Crippen molar-refractivity contribution in [1.82, 2.24) is 9.78 Å². The van der Waals surface area contributed by atoms with Gasteiger partial charge in [-0.25, -0.2) is 0 Å². The van der Waals surface area contributed by atoms with Crippen LogP contribution < -0.4 is 15.4 Å². The highest BCUT2D eigenvalue weighted by molar-refractivity contribution is 7.80. The van der Waals surface area contributed by atoms with Crippen molar-refractivity contribution in [2.24, 2.45) is 7.05 Å². The molecule has 0 bridgehead atoms. The van der Waals surface area contributed by atoms with Gasteiger partial charge in [0.15, 0.2) is 5.11 Å². The Balaban J connectivity index is 1.60. The number of aromatic nitrogens is 2. The van der Waals surface area contributed by atoms with Crippen molar-refractivity contribution in [2.75, 3.05) is 10.6 Å². The van der Waals surface area contributed by atoms with Gasteiger partial charge in [-0.15, -0.1) is 0 Å². The van der Waals surface area contributed by atoms with Crippen molar-refractivity contribution >= 4 is 28.7 Å². The van der Waals surface area contributed by atoms with Crippen LogP contribution in [-0.4, -0.2) is 14.9 Å². The van der Waals surface area contributed by atoms with Gasteiger partial charge in [0, 0.05) is 18.9 Å². The van der Waals surface area contributed by atoms with Gasteiger partial charge < -0.3 is 15.4 Å². The normalized spacial score (nSPS) is 10.3. The molecule has 0 fully saturated rings. The third kappa shape index (κ3) is 4.58. The number of nitrogens with zero attached hydrogens (tertiary/aromatic N) is 2. The predicted molar refractivity (Wildman–Crippen MR) is 105 cm³/mol. The largest absolute Gasteiger partial charge is 0.457 e. The van der Waals surface area contributed by atoms with E-state index in [1.807, 2.05) is 67.8 Å². The molecule has 0 unspecified atom stereocenters. The molecule has 3 aromatic rings. The highest BCUT2D eigenvalue weighted by Crippen LogP contribution is 2.23. The van der Waals surface area contributed by atoms with E-state index < -0.39 is 0 Å². The van der Waals surface area contributed by atoms with Gasteiger partial charge in [0.25, 0.3) is 0 Å². The Morgan fingerprint density at radius 3 is 2.40 bits per heavy atom. The lowest BCUT2D eigenvalue weighted by Gasteiger charge is -2.11. The highest BCUT2D eigenvalue weighted by Gasteiger charge is 2.07. The van der Waals surface area contributed by atoms with Crippen LogP contribution in [0.5, 0.6) is 11.5 Å². The van der Waals surface area contributed by atoms with E-state index in [0.29, 0.717) is 5.11 Å². The minimum absolute atomic E-state index is 0.527. The summed E-state index contributed by atoms with van der Waals surface area (Å²) in [5.41, 5.74) is 2.80. The van der Waals surface area contributed by atoms with Crippen molar-refractivity contribution in [2.45, 2.75) is 13.3 Å². The smallest absolute Gasteiger partial charge is 0.175 e. The number of para-hydroxylation sites is 1. The molecular weight excluding hydrogens is 332 g/mol. The molecule has 128 valence electrons. The molecule has 0 saturated carbocycles. The maximum atomic E-state index is 5.78. The summed E-state index contributed by atoms with van der Waals surface area (Å²) in [4.78, 5) is 0. The number of hydrogen-bond acceptors (Lipinski definition) is 3. The van der Waals surface area contributed by atoms with Gasteiger partial charge in [0.05, 0.1) is 11.4 Å². The molecule has 0 aliphatic heterocycles. The molecule has 3 rings (SSSR count). The Kier molecular flexibility index (Phi) is 5.30. The van der Waals surface area contributed by atoms with E-state index in [0.717, 1.165) is 35.0 Å². The van der Waals surface area contributed by atoms with E-state index in [-0.39, 0.29) is 0 Å². The zero-order valence-corrected chi connectivity index (χ0v) is 15.0. The second-order valence-electron chi connectivity index (χ2n) is 5.54. The molecule has 0 amide bonds. The van der Waals surface area contributed by atoms with Gasteiger partial charge in [0.1, 0.15) is 11.5 Å². The van der Waals surface area contributed by atoms with Crippen molar-refractivity contribution < 1.29 is 4.74 Å². The van der Waals surface area contributed by atoms with Gasteiger partial charge in [-0.2, -0.15) is 5.10 Å². The molecule has 0 aliphatic rings. The number of benzene rings is 2. The minimum Gasteiger partial charge on any atom is -0.457 e. The first-order valence-electron chi connectivity index (χ1n) is 8.07. The van der Waals surface area contributed by atoms with E-state index in [4.69, 9.17) is 17.0 Å². The monoisotopic (exact) mass is 352 g/mol. The zero-order chi connectivity index (χ0) is 17.6. The first kappa shape index (κ1) is 17.0. The molecule has 1 aromatic heterocycles. The lowest BCUT2D eigenvalue weighted by molar-refractivity contribution is 0.483. The first-order valence-corrected chi connectivity index (χ1v) is 8.48. The van der Waals surface area contributed by atoms with E-state index in [1.165, 1.54) is 0 Å². The molecule has 0 radical (unpaired) electrons. The molecule has 0 atom stereocenters. The average molecular weight is 352 g/mol. The summed E-state index contributed by atoms with van der Waals surface area (Å²) in [6.45, 7) is 2.06. The Morgan fingerprint density at radius 2 is 1.72 bits per heavy atom. The van der Waals surface area contributed by atoms with E-state index >= 15 is 0 Å². The van der Waals surface area contributed by atoms with Crippen LogP contribution in [-0.2, 0) is 13.5 Å². The number of anilines is 2. The summed E-state index contributed by atoms with van der Waals surface area (Å²) < 4.78 is 7.56. The van der Waals surface area contributed by atoms with Crippen molar-refractivity contribution in [3.63, 3.8) is 0 Å². The first-order chi connectivity index (χ1) is 12.1. The van der Waals surface area contributed by atoms with Crippen LogP contribution in [0.1, 0.15) is 12.6 Å². The topological polar surface area (TPSA) is 51.1 Å². The molecule has 5 nitrogen and oxygen atoms in total. The van der Waals surface area contributed by atoms with Gasteiger partial charge in [-0.05, 0) is 55.0 Å². The van der Waals surface area contributed by atoms with E-state index in [1.54, 1.807) is 4.68 Å². The molecular formula is C19H20N4OS. The Labute approximate surface area is 152 Å². The van der Waals surface area contributed by atoms with Crippen LogP contribution in [0.25, 0.3) is 0 Å². The number of thiocarbonyl (C=S) groups is 1. The Bertz CT molecular complexity index is 844. The number of ether oxygens (including phenoxy) is 1. The Hall–Kier alpha value is -2.86. The summed E-state index contributed by atoms with van der Waals surface area (Å²) >= 11 is 5.38. The molecule has 0 spiro atoms. The lowest BCUT2D eigenvalue weighted by atomic mass is 10.3. The quantitative estimate of drug-likeness (QED) is 0.658. The number of hydrogen-bond donors (Lipinski definition) is 2. The van der Waals surface area contributed by atoms with Crippen LogP contribution in [0.4, 0.5) is 11.4 Å². The Morgan fingerprint density at radius 1 is 1.04 bits per heavy atom. The predicted octanol–water partition coefficient (Wildman–Crippen LogP) is 4.58. The molecule has 0 aliphatic carbocycles. The third-order valence-electron chi connectivity index (χ3n) is 3.58. The van der Waals surface area contributed by atoms with Gasteiger partial charge >= 0.3 is 0 Å². The van der Waals surface area contributed by atoms with Gasteiger partial charge in [-0.3, -0.25) is 4.68 Å². The zero-order valence-electron chi connectivity index (χ0n) is 14.2. The molecule has 0 saturated heterocycles. The molecule has 2 aromatic carbocycles. The van der Waals surface area contributed by atoms with E-state index in [9.17, 15) is 0 Å². The number of rotatable bonds is 5. The summed E-state index contributed by atoms with van der Waals surface area (Å²) in [7, 11) is 1.90. The van der Waals surface area contributed by atoms with Crippen LogP contribution in [0.2, 0.25) is 0 Å². The molecule has 2 N–H and O–H groups in total. The molecule has 1 heterocycles. The third-order valence-corrected chi connectivity index (χ3v) is 3.78. The van der Waals surface area contributed by atoms with Gasteiger partial charge in [0.2, 0.25) is 0 Å². The lowest BCUT2D eigenvalue weighted by Crippen LogP contribution is -2.19. The summed E-state index contributed by atoms with van der Waals surface area (Å²) in [5.74, 6) is 1.58. The maximum absolute atomic E-state index is 5.78. The standard InChI is InChI=1S/C19H20N4OS/c1-3-17-18(13-23(2)22-17)21-19(25)20-14-9-11-16(12-10-14)24-15-7-5-4-6-8-15/h4-13H,3H2,1-2H3,(H2,20,21,25). The van der Waals surface area contributed by atoms with E-state index in [2.05, 4.69) is 22.7 Å². The fourth-order valence-corrected chi connectivity index (χ4v) is 2.64. The second kappa shape index (κ2) is 7.81.